The second kappa shape index (κ2) is 55.8. The minimum Gasteiger partial charge on any atom is -0.554 e. The summed E-state index contributed by atoms with van der Waals surface area (Å²) in [5.74, 6) is 0. The van der Waals surface area contributed by atoms with Crippen LogP contribution in [0.1, 0.15) is 69.9 Å². The van der Waals surface area contributed by atoms with E-state index in [2.05, 4.69) is 174 Å². The number of hydrogen-bond acceptors (Lipinski definition) is 9. The molecule has 0 radical (unpaired) electrons. The first kappa shape index (κ1) is 76.8. The van der Waals surface area contributed by atoms with Gasteiger partial charge in [0, 0.05) is 31.0 Å². The second-order valence-electron chi connectivity index (χ2n) is 15.3. The van der Waals surface area contributed by atoms with Gasteiger partial charge in [-0.2, -0.15) is 0 Å². The smallest absolute Gasteiger partial charge is 0.290 e. The van der Waals surface area contributed by atoms with Crippen molar-refractivity contribution in [3.63, 3.8) is 0 Å². The highest BCUT2D eigenvalue weighted by Gasteiger charge is 2.08. The van der Waals surface area contributed by atoms with Crippen molar-refractivity contribution in [1.82, 2.24) is 10.2 Å². The minimum atomic E-state index is -0.500. The van der Waals surface area contributed by atoms with Crippen molar-refractivity contribution in [2.45, 2.75) is 104 Å². The Morgan fingerprint density at radius 3 is 1.13 bits per heavy atom. The molecule has 5 rings (SSSR count). The first-order chi connectivity index (χ1) is 31.7. The second-order valence-corrected chi connectivity index (χ2v) is 15.3. The maximum atomic E-state index is 8.36. The minimum absolute atomic E-state index is 0. The standard InChI is InChI=1S/C11H17N.C11H16N.C10H15N.C10H13N.C9H13N.2CH2O2.2CH2O.CH4.2H2O/c2*1-10(12(2)3)9-11-7-5-4-6-8-11;2*1-9(11-2)8-10-6-4-3-5-7-10;1-8(10)7-9-5-3-2-4-6-9;2*2-1-3;2*1-2;;;/h4-8,10H,9H2,1-3H3;4-8,10H,2,9H2,1,3H3;3-7,9,11H,8H2,1-2H3;3-7,9H,2,8H2,1H3;2-6,8H,7,10H2,1H3;2*1H,(H,2,3);2*1H2;1H4;2*1H2/q;+1;;;;;;;;;;/p-1. The number of benzene rings is 5. The molecule has 0 aromatic heterocycles. The molecule has 0 aliphatic carbocycles. The molecule has 8 N–H and O–H groups in total. The molecule has 0 spiro atoms. The van der Waals surface area contributed by atoms with E-state index in [9.17, 15) is 0 Å². The van der Waals surface area contributed by atoms with Crippen LogP contribution >= 0.6 is 0 Å². The third-order valence-corrected chi connectivity index (χ3v) is 9.35. The number of nitrogens with two attached hydrogens (primary N) is 1. The number of rotatable bonds is 14. The molecule has 5 unspecified atom stereocenters. The molecule has 13 heteroatoms. The lowest BCUT2D eigenvalue weighted by Crippen LogP contribution is -2.26. The Morgan fingerprint density at radius 1 is 0.623 bits per heavy atom. The van der Waals surface area contributed by atoms with Crippen LogP contribution < -0.4 is 16.2 Å². The van der Waals surface area contributed by atoms with Crippen LogP contribution in [0.15, 0.2) is 157 Å². The molecule has 5 aromatic carbocycles. The van der Waals surface area contributed by atoms with E-state index in [4.69, 9.17) is 35.1 Å². The number of carboxylic acid groups (broad SMARTS) is 2. The molecule has 0 saturated carbocycles. The largest absolute Gasteiger partial charge is 0.554 e. The Morgan fingerprint density at radius 2 is 0.884 bits per heavy atom. The molecule has 0 heterocycles. The van der Waals surface area contributed by atoms with E-state index in [-0.39, 0.29) is 30.9 Å². The third kappa shape index (κ3) is 50.8. The molecule has 5 atom stereocenters. The summed E-state index contributed by atoms with van der Waals surface area (Å²) in [4.78, 5) is 38.8. The number of likely N-dealkylation sites (N-methyl/N-ethyl adjacent to an activating group) is 3. The lowest BCUT2D eigenvalue weighted by molar-refractivity contribution is -0.525. The molecule has 0 bridgehead atoms. The van der Waals surface area contributed by atoms with Crippen molar-refractivity contribution in [2.75, 3.05) is 28.2 Å². The monoisotopic (exact) mass is 960 g/mol. The summed E-state index contributed by atoms with van der Waals surface area (Å²) < 4.78 is 1.99. The van der Waals surface area contributed by atoms with Gasteiger partial charge in [-0.15, -0.1) is 0 Å². The predicted molar refractivity (Wildman–Crippen MR) is 291 cm³/mol. The van der Waals surface area contributed by atoms with Crippen molar-refractivity contribution >= 4 is 40.0 Å². The third-order valence-electron chi connectivity index (χ3n) is 9.35. The van der Waals surface area contributed by atoms with Crippen molar-refractivity contribution < 1.29 is 44.9 Å². The number of nitrogens with zero attached hydrogens (tertiary/aromatic N) is 3. The molecule has 69 heavy (non-hydrogen) atoms. The highest BCUT2D eigenvalue weighted by molar-refractivity contribution is 5.32. The van der Waals surface area contributed by atoms with Crippen LogP contribution in [-0.4, -0.2) is 124 Å². The van der Waals surface area contributed by atoms with Gasteiger partial charge in [0.15, 0.2) is 6.04 Å². The zero-order chi connectivity index (χ0) is 51.0. The lowest BCUT2D eigenvalue weighted by atomic mass is 10.1. The molecule has 5 aromatic rings. The van der Waals surface area contributed by atoms with Crippen LogP contribution in [0, 0.1) is 0 Å². The summed E-state index contributed by atoms with van der Waals surface area (Å²) in [5.41, 5.74) is 12.5. The maximum absolute atomic E-state index is 8.36. The number of nitrogens with one attached hydrogen (secondary N) is 1. The van der Waals surface area contributed by atoms with Gasteiger partial charge in [-0.3, -0.25) is 9.79 Å². The Balaban J connectivity index is -0.000000131. The van der Waals surface area contributed by atoms with Gasteiger partial charge in [0.25, 0.3) is 6.47 Å². The number of carbonyl (C=O) groups excluding carboxylic acids is 3. The van der Waals surface area contributed by atoms with Gasteiger partial charge in [-0.05, 0) is 116 Å². The van der Waals surface area contributed by atoms with Gasteiger partial charge in [0.1, 0.15) is 27.3 Å². The SMILES string of the molecule is C.C=NC(C)Cc1ccccc1.C=O.C=O.C=[N+](C)C(C)Cc1ccccc1.CC(Cc1ccccc1)N(C)C.CC(N)Cc1ccccc1.CNC(C)Cc1ccccc1.O.O.O=CO.O=C[O-]. The van der Waals surface area contributed by atoms with Crippen LogP contribution in [-0.2, 0) is 51.3 Å². The Labute approximate surface area is 416 Å². The predicted octanol–water partition coefficient (Wildman–Crippen LogP) is 6.56. The van der Waals surface area contributed by atoms with Crippen molar-refractivity contribution in [3.05, 3.63) is 179 Å². The summed E-state index contributed by atoms with van der Waals surface area (Å²) >= 11 is 0. The molecular formula is C56H89N5O8. The fourth-order valence-corrected chi connectivity index (χ4v) is 5.32. The van der Waals surface area contributed by atoms with Crippen molar-refractivity contribution in [1.29, 1.82) is 0 Å². The fourth-order valence-electron chi connectivity index (χ4n) is 5.32. The number of aliphatic imine (C=N–C) groups is 1. The zero-order valence-corrected chi connectivity index (χ0v) is 42.2. The highest BCUT2D eigenvalue weighted by Crippen LogP contribution is 2.07. The van der Waals surface area contributed by atoms with E-state index in [1.807, 2.05) is 87.7 Å². The summed E-state index contributed by atoms with van der Waals surface area (Å²) in [6.45, 7) is 21.3. The van der Waals surface area contributed by atoms with E-state index < -0.39 is 6.47 Å². The van der Waals surface area contributed by atoms with E-state index in [1.54, 1.807) is 0 Å². The lowest BCUT2D eigenvalue weighted by Gasteiger charge is -2.19. The van der Waals surface area contributed by atoms with Gasteiger partial charge in [-0.25, -0.2) is 4.58 Å². The molecule has 0 saturated heterocycles. The molecule has 0 aliphatic heterocycles. The van der Waals surface area contributed by atoms with Gasteiger partial charge < -0.3 is 51.5 Å². The van der Waals surface area contributed by atoms with E-state index in [0.29, 0.717) is 24.2 Å². The summed E-state index contributed by atoms with van der Waals surface area (Å²) in [5, 5.41) is 18.4. The molecule has 0 fully saturated rings. The van der Waals surface area contributed by atoms with E-state index >= 15 is 0 Å². The maximum Gasteiger partial charge on any atom is 0.290 e. The molecular weight excluding hydrogens is 871 g/mol. The fraction of sp³-hybridized carbons (Fsp3) is 0.357. The topological polar surface area (TPSA) is 231 Å². The van der Waals surface area contributed by atoms with Crippen LogP contribution in [0.2, 0.25) is 0 Å². The summed E-state index contributed by atoms with van der Waals surface area (Å²) in [7, 11) is 8.24. The van der Waals surface area contributed by atoms with Crippen LogP contribution in [0.25, 0.3) is 0 Å². The van der Waals surface area contributed by atoms with Gasteiger partial charge >= 0.3 is 0 Å². The quantitative estimate of drug-likeness (QED) is 0.0621. The molecule has 386 valence electrons. The Hall–Kier alpha value is -6.48. The number of carbonyl (C=O) groups is 4. The first-order valence-corrected chi connectivity index (χ1v) is 21.7. The molecule has 0 amide bonds. The summed E-state index contributed by atoms with van der Waals surface area (Å²) in [6.07, 6.45) is 5.28. The highest BCUT2D eigenvalue weighted by atomic mass is 16.3. The molecule has 0 aliphatic rings. The van der Waals surface area contributed by atoms with E-state index in [1.165, 1.54) is 27.8 Å². The van der Waals surface area contributed by atoms with Crippen LogP contribution in [0.4, 0.5) is 0 Å². The van der Waals surface area contributed by atoms with Gasteiger partial charge in [0.2, 0.25) is 0 Å². The summed E-state index contributed by atoms with van der Waals surface area (Å²) in [6, 6.07) is 54.6. The normalized spacial score (nSPS) is 10.9. The van der Waals surface area contributed by atoms with Crippen molar-refractivity contribution in [2.24, 2.45) is 10.7 Å². The Bertz CT molecular complexity index is 1800. The average molecular weight is 960 g/mol. The van der Waals surface area contributed by atoms with Crippen LogP contribution in [0.3, 0.4) is 0 Å². The molecule has 13 nitrogen and oxygen atoms in total. The Kier molecular flexibility index (Phi) is 62.1. The number of hydrogen-bond donors (Lipinski definition) is 3. The zero-order valence-electron chi connectivity index (χ0n) is 42.2. The van der Waals surface area contributed by atoms with Crippen LogP contribution in [0.5, 0.6) is 0 Å². The van der Waals surface area contributed by atoms with Gasteiger partial charge in [0.05, 0.1) is 6.04 Å². The average Bonchev–Trinajstić information content (AvgIpc) is 3.33. The van der Waals surface area contributed by atoms with E-state index in [0.717, 1.165) is 32.1 Å². The van der Waals surface area contributed by atoms with Crippen molar-refractivity contribution in [3.8, 4) is 0 Å². The first-order valence-electron chi connectivity index (χ1n) is 21.7. The van der Waals surface area contributed by atoms with Gasteiger partial charge in [-0.1, -0.05) is 159 Å².